The summed E-state index contributed by atoms with van der Waals surface area (Å²) in [5, 5.41) is 0. The number of likely N-dealkylation sites (tertiary alicyclic amines) is 2. The maximum atomic E-state index is 13.1. The molecule has 3 aliphatic rings. The number of amides is 2. The van der Waals surface area contributed by atoms with Crippen LogP contribution in [0, 0.1) is 5.92 Å². The zero-order valence-electron chi connectivity index (χ0n) is 20.3. The molecule has 1 aromatic rings. The summed E-state index contributed by atoms with van der Waals surface area (Å²) in [7, 11) is -3.64. The Balaban J connectivity index is 1.34. The van der Waals surface area contributed by atoms with Crippen LogP contribution in [-0.4, -0.2) is 85.8 Å². The third-order valence-electron chi connectivity index (χ3n) is 7.17. The van der Waals surface area contributed by atoms with Crippen LogP contribution in [0.5, 0.6) is 0 Å². The van der Waals surface area contributed by atoms with E-state index in [1.807, 2.05) is 18.7 Å². The molecule has 2 amide bonds. The fourth-order valence-electron chi connectivity index (χ4n) is 5.31. The molecule has 34 heavy (non-hydrogen) atoms. The average Bonchev–Trinajstić information content (AvgIpc) is 3.12. The summed E-state index contributed by atoms with van der Waals surface area (Å²) < 4.78 is 33.2. The highest BCUT2D eigenvalue weighted by molar-refractivity contribution is 7.89. The fourth-order valence-corrected chi connectivity index (χ4v) is 6.90. The lowest BCUT2D eigenvalue weighted by atomic mass is 9.94. The molecule has 3 saturated heterocycles. The van der Waals surface area contributed by atoms with Crippen molar-refractivity contribution >= 4 is 21.8 Å². The van der Waals surface area contributed by atoms with Gasteiger partial charge in [0.1, 0.15) is 0 Å². The van der Waals surface area contributed by atoms with E-state index in [1.165, 1.54) is 29.3 Å². The first-order valence-corrected chi connectivity index (χ1v) is 14.0. The number of ether oxygens (including phenoxy) is 1. The number of piperidine rings is 1. The van der Waals surface area contributed by atoms with Crippen LogP contribution in [0.15, 0.2) is 29.2 Å². The SMILES string of the molecule is C[C@H]1CN(S(=O)(=O)c2ccc(C(=O)N3CCC(C(=O)N4CCCCCC4)CC3)cc2)C[C@H](C)O1. The molecule has 188 valence electrons. The molecule has 0 spiro atoms. The fraction of sp³-hybridized carbons (Fsp3) is 0.680. The predicted octanol–water partition coefficient (Wildman–Crippen LogP) is 2.74. The monoisotopic (exact) mass is 491 g/mol. The molecule has 0 aliphatic carbocycles. The topological polar surface area (TPSA) is 87.2 Å². The first kappa shape index (κ1) is 25.1. The molecule has 0 N–H and O–H groups in total. The Morgan fingerprint density at radius 1 is 0.824 bits per heavy atom. The molecule has 1 aromatic carbocycles. The Morgan fingerprint density at radius 3 is 1.94 bits per heavy atom. The highest BCUT2D eigenvalue weighted by atomic mass is 32.2. The first-order valence-electron chi connectivity index (χ1n) is 12.6. The molecular formula is C25H37N3O5S. The number of rotatable bonds is 4. The van der Waals surface area contributed by atoms with E-state index >= 15 is 0 Å². The molecule has 8 nitrogen and oxygen atoms in total. The largest absolute Gasteiger partial charge is 0.373 e. The van der Waals surface area contributed by atoms with Gasteiger partial charge in [0.2, 0.25) is 15.9 Å². The smallest absolute Gasteiger partial charge is 0.253 e. The van der Waals surface area contributed by atoms with Gasteiger partial charge in [-0.2, -0.15) is 4.31 Å². The van der Waals surface area contributed by atoms with Gasteiger partial charge in [0, 0.05) is 50.7 Å². The highest BCUT2D eigenvalue weighted by Gasteiger charge is 2.33. The Labute approximate surface area is 203 Å². The number of hydrogen-bond donors (Lipinski definition) is 0. The number of carbonyl (C=O) groups excluding carboxylic acids is 2. The third-order valence-corrected chi connectivity index (χ3v) is 9.02. The van der Waals surface area contributed by atoms with Crippen molar-refractivity contribution < 1.29 is 22.7 Å². The summed E-state index contributed by atoms with van der Waals surface area (Å²) in [6, 6.07) is 6.22. The second kappa shape index (κ2) is 10.7. The van der Waals surface area contributed by atoms with E-state index in [-0.39, 0.29) is 34.8 Å². The van der Waals surface area contributed by atoms with Gasteiger partial charge in [-0.3, -0.25) is 9.59 Å². The zero-order chi connectivity index (χ0) is 24.3. The van der Waals surface area contributed by atoms with Gasteiger partial charge in [0.05, 0.1) is 17.1 Å². The molecule has 0 bridgehead atoms. The van der Waals surface area contributed by atoms with Crippen LogP contribution < -0.4 is 0 Å². The van der Waals surface area contributed by atoms with Gasteiger partial charge >= 0.3 is 0 Å². The van der Waals surface area contributed by atoms with Crippen molar-refractivity contribution in [2.45, 2.75) is 69.5 Å². The lowest BCUT2D eigenvalue weighted by Gasteiger charge is -2.34. The van der Waals surface area contributed by atoms with Gasteiger partial charge in [-0.05, 0) is 63.8 Å². The molecule has 3 aliphatic heterocycles. The average molecular weight is 492 g/mol. The van der Waals surface area contributed by atoms with Gasteiger partial charge in [-0.25, -0.2) is 8.42 Å². The lowest BCUT2D eigenvalue weighted by molar-refractivity contribution is -0.136. The van der Waals surface area contributed by atoms with Crippen LogP contribution in [0.25, 0.3) is 0 Å². The summed E-state index contributed by atoms with van der Waals surface area (Å²) in [6.45, 7) is 7.18. The summed E-state index contributed by atoms with van der Waals surface area (Å²) in [6.07, 6.45) is 5.60. The Hall–Kier alpha value is -1.97. The second-order valence-corrected chi connectivity index (χ2v) is 11.8. The number of benzene rings is 1. The molecule has 9 heteroatoms. The van der Waals surface area contributed by atoms with Crippen molar-refractivity contribution in [3.63, 3.8) is 0 Å². The molecule has 3 fully saturated rings. The van der Waals surface area contributed by atoms with E-state index in [0.29, 0.717) is 44.6 Å². The van der Waals surface area contributed by atoms with E-state index < -0.39 is 10.0 Å². The normalized spacial score (nSPS) is 25.7. The van der Waals surface area contributed by atoms with E-state index in [4.69, 9.17) is 4.74 Å². The number of carbonyl (C=O) groups is 2. The van der Waals surface area contributed by atoms with Crippen LogP contribution in [0.2, 0.25) is 0 Å². The Morgan fingerprint density at radius 2 is 1.38 bits per heavy atom. The molecule has 0 radical (unpaired) electrons. The van der Waals surface area contributed by atoms with Crippen LogP contribution in [-0.2, 0) is 19.6 Å². The quantitative estimate of drug-likeness (QED) is 0.646. The first-order chi connectivity index (χ1) is 16.3. The lowest BCUT2D eigenvalue weighted by Crippen LogP contribution is -2.48. The van der Waals surface area contributed by atoms with Crippen molar-refractivity contribution in [2.75, 3.05) is 39.3 Å². The second-order valence-electron chi connectivity index (χ2n) is 9.91. The zero-order valence-corrected chi connectivity index (χ0v) is 21.1. The van der Waals surface area contributed by atoms with E-state index in [0.717, 1.165) is 25.9 Å². The van der Waals surface area contributed by atoms with Crippen molar-refractivity contribution in [1.82, 2.24) is 14.1 Å². The van der Waals surface area contributed by atoms with Crippen LogP contribution in [0.4, 0.5) is 0 Å². The van der Waals surface area contributed by atoms with Gasteiger partial charge in [-0.1, -0.05) is 12.8 Å². The third kappa shape index (κ3) is 5.63. The standard InChI is InChI=1S/C25H37N3O5S/c1-19-17-28(18-20(2)33-19)34(31,32)23-9-7-21(8-10-23)24(29)27-15-11-22(12-16-27)25(30)26-13-5-3-4-6-14-26/h7-10,19-20,22H,3-6,11-18H2,1-2H3/t19-,20-/m0/s1. The number of sulfonamides is 1. The van der Waals surface area contributed by atoms with Crippen molar-refractivity contribution in [2.24, 2.45) is 5.92 Å². The summed E-state index contributed by atoms with van der Waals surface area (Å²) in [5.41, 5.74) is 0.472. The maximum Gasteiger partial charge on any atom is 0.253 e. The molecule has 0 unspecified atom stereocenters. The minimum absolute atomic E-state index is 0.00650. The molecule has 4 rings (SSSR count). The Bertz CT molecular complexity index is 955. The van der Waals surface area contributed by atoms with Crippen molar-refractivity contribution in [3.05, 3.63) is 29.8 Å². The number of nitrogens with zero attached hydrogens (tertiary/aromatic N) is 3. The minimum Gasteiger partial charge on any atom is -0.373 e. The summed E-state index contributed by atoms with van der Waals surface area (Å²) in [5.74, 6) is 0.126. The maximum absolute atomic E-state index is 13.1. The molecule has 0 saturated carbocycles. The van der Waals surface area contributed by atoms with Crippen molar-refractivity contribution in [3.8, 4) is 0 Å². The van der Waals surface area contributed by atoms with E-state index in [2.05, 4.69) is 0 Å². The van der Waals surface area contributed by atoms with Gasteiger partial charge in [-0.15, -0.1) is 0 Å². The predicted molar refractivity (Wildman–Crippen MR) is 129 cm³/mol. The van der Waals surface area contributed by atoms with Crippen LogP contribution in [0.1, 0.15) is 62.7 Å². The summed E-state index contributed by atoms with van der Waals surface area (Å²) >= 11 is 0. The Kier molecular flexibility index (Phi) is 7.94. The van der Waals surface area contributed by atoms with Gasteiger partial charge in [0.15, 0.2) is 0 Å². The summed E-state index contributed by atoms with van der Waals surface area (Å²) in [4.78, 5) is 29.9. The molecule has 2 atom stereocenters. The van der Waals surface area contributed by atoms with Gasteiger partial charge < -0.3 is 14.5 Å². The van der Waals surface area contributed by atoms with Gasteiger partial charge in [0.25, 0.3) is 5.91 Å². The number of hydrogen-bond acceptors (Lipinski definition) is 5. The van der Waals surface area contributed by atoms with Crippen LogP contribution in [0.3, 0.4) is 0 Å². The number of morpholine rings is 1. The van der Waals surface area contributed by atoms with E-state index in [1.54, 1.807) is 17.0 Å². The molecule has 3 heterocycles. The molecule has 0 aromatic heterocycles. The molecular weight excluding hydrogens is 454 g/mol. The van der Waals surface area contributed by atoms with Crippen LogP contribution >= 0.6 is 0 Å². The van der Waals surface area contributed by atoms with Crippen molar-refractivity contribution in [1.29, 1.82) is 0 Å². The van der Waals surface area contributed by atoms with E-state index in [9.17, 15) is 18.0 Å². The highest BCUT2D eigenvalue weighted by Crippen LogP contribution is 2.25. The minimum atomic E-state index is -3.64.